The molecule has 0 unspecified atom stereocenters. The number of hydrogen-bond acceptors (Lipinski definition) is 6. The molecule has 1 amide bonds. The first-order valence-electron chi connectivity index (χ1n) is 11.3. The van der Waals surface area contributed by atoms with Crippen LogP contribution in [0.1, 0.15) is 32.8 Å². The van der Waals surface area contributed by atoms with Gasteiger partial charge in [-0.15, -0.1) is 0 Å². The first-order chi connectivity index (χ1) is 16.1. The summed E-state index contributed by atoms with van der Waals surface area (Å²) in [5.41, 5.74) is 2.08. The highest BCUT2D eigenvalue weighted by atomic mass is 32.2. The lowest BCUT2D eigenvalue weighted by atomic mass is 10.0. The molecule has 34 heavy (non-hydrogen) atoms. The summed E-state index contributed by atoms with van der Waals surface area (Å²) in [7, 11) is -2.24. The third-order valence-electron chi connectivity index (χ3n) is 6.20. The number of benzene rings is 2. The Labute approximate surface area is 201 Å². The topological polar surface area (TPSA) is 111 Å². The monoisotopic (exact) mass is 485 g/mol. The van der Waals surface area contributed by atoms with E-state index in [0.717, 1.165) is 11.1 Å². The van der Waals surface area contributed by atoms with Gasteiger partial charge in [0.05, 0.1) is 24.8 Å². The van der Waals surface area contributed by atoms with Gasteiger partial charge in [0.15, 0.2) is 0 Å². The average molecular weight is 486 g/mol. The number of rotatable bonds is 6. The van der Waals surface area contributed by atoms with Gasteiger partial charge in [-0.3, -0.25) is 4.79 Å². The Morgan fingerprint density at radius 2 is 1.91 bits per heavy atom. The van der Waals surface area contributed by atoms with Gasteiger partial charge < -0.3 is 14.7 Å². The predicted octanol–water partition coefficient (Wildman–Crippen LogP) is 2.86. The number of amides is 1. The van der Waals surface area contributed by atoms with Crippen LogP contribution in [0.3, 0.4) is 0 Å². The second-order valence-electron chi connectivity index (χ2n) is 8.72. The van der Waals surface area contributed by atoms with Crippen LogP contribution < -0.4 is 4.74 Å². The van der Waals surface area contributed by atoms with E-state index in [-0.39, 0.29) is 35.6 Å². The average Bonchev–Trinajstić information content (AvgIpc) is 2.84. The zero-order valence-electron chi connectivity index (χ0n) is 19.9. The summed E-state index contributed by atoms with van der Waals surface area (Å²) < 4.78 is 34.8. The van der Waals surface area contributed by atoms with Gasteiger partial charge in [-0.1, -0.05) is 32.0 Å². The number of carbonyl (C=O) groups is 1. The maximum absolute atomic E-state index is 13.6. The van der Waals surface area contributed by atoms with E-state index in [9.17, 15) is 18.3 Å². The molecule has 1 aliphatic rings. The molecule has 3 rings (SSSR count). The number of fused-ring (bicyclic) bond motifs is 1. The van der Waals surface area contributed by atoms with Gasteiger partial charge in [-0.2, -0.15) is 9.57 Å². The van der Waals surface area contributed by atoms with E-state index in [0.29, 0.717) is 18.5 Å². The molecule has 0 fully saturated rings. The molecule has 0 saturated carbocycles. The number of ether oxygens (including phenoxy) is 1. The minimum atomic E-state index is -3.94. The van der Waals surface area contributed by atoms with Crippen LogP contribution in [0.5, 0.6) is 5.75 Å². The lowest BCUT2D eigenvalue weighted by Crippen LogP contribution is -2.50. The number of aliphatic hydroxyl groups is 1. The molecule has 0 spiro atoms. The third kappa shape index (κ3) is 5.25. The lowest BCUT2D eigenvalue weighted by Gasteiger charge is -2.37. The molecule has 1 aliphatic heterocycles. The third-order valence-corrected chi connectivity index (χ3v) is 8.22. The van der Waals surface area contributed by atoms with E-state index in [4.69, 9.17) is 10.00 Å². The van der Waals surface area contributed by atoms with Crippen molar-refractivity contribution in [3.05, 3.63) is 48.0 Å². The van der Waals surface area contributed by atoms with E-state index < -0.39 is 22.2 Å². The summed E-state index contributed by atoms with van der Waals surface area (Å²) in [6.45, 7) is 5.48. The lowest BCUT2D eigenvalue weighted by molar-refractivity contribution is -0.131. The van der Waals surface area contributed by atoms with Crippen LogP contribution in [-0.2, 0) is 14.8 Å². The number of sulfonamides is 1. The largest absolute Gasteiger partial charge is 0.487 e. The second-order valence-corrected chi connectivity index (χ2v) is 10.6. The Balaban J connectivity index is 2.11. The van der Waals surface area contributed by atoms with Gasteiger partial charge in [-0.05, 0) is 42.3 Å². The van der Waals surface area contributed by atoms with Crippen molar-refractivity contribution < 1.29 is 23.1 Å². The Morgan fingerprint density at radius 1 is 1.26 bits per heavy atom. The SMILES string of the molecule is CCC(=O)N(C)C[C@@H]1Oc2cc(-c3ccc(C#N)cc3)ccc2S(=O)(=O)N([C@H](C)CO)C[C@H]1C. The molecule has 0 radical (unpaired) electrons. The second kappa shape index (κ2) is 10.6. The molecule has 9 heteroatoms. The van der Waals surface area contributed by atoms with E-state index in [2.05, 4.69) is 6.07 Å². The maximum Gasteiger partial charge on any atom is 0.247 e. The highest BCUT2D eigenvalue weighted by Gasteiger charge is 2.38. The molecule has 8 nitrogen and oxygen atoms in total. The molecule has 0 aliphatic carbocycles. The van der Waals surface area contributed by atoms with Crippen LogP contribution in [0.15, 0.2) is 47.4 Å². The smallest absolute Gasteiger partial charge is 0.247 e. The van der Waals surface area contributed by atoms with Crippen LogP contribution in [0, 0.1) is 17.2 Å². The van der Waals surface area contributed by atoms with Gasteiger partial charge >= 0.3 is 0 Å². The number of hydrogen-bond donors (Lipinski definition) is 1. The number of carbonyl (C=O) groups excluding carboxylic acids is 1. The minimum absolute atomic E-state index is 0.0200. The Hall–Kier alpha value is -2.93. The molecule has 0 aromatic heterocycles. The summed E-state index contributed by atoms with van der Waals surface area (Å²) in [6, 6.07) is 13.4. The molecule has 2 aromatic rings. The van der Waals surface area contributed by atoms with Gasteiger partial charge in [-0.25, -0.2) is 8.42 Å². The highest BCUT2D eigenvalue weighted by Crippen LogP contribution is 2.36. The van der Waals surface area contributed by atoms with Crippen LogP contribution in [-0.4, -0.2) is 67.5 Å². The summed E-state index contributed by atoms with van der Waals surface area (Å²) in [6.07, 6.45) is -0.0987. The molecule has 1 heterocycles. The fourth-order valence-corrected chi connectivity index (χ4v) is 5.83. The van der Waals surface area contributed by atoms with Crippen LogP contribution in [0.2, 0.25) is 0 Å². The van der Waals surface area contributed by atoms with Crippen LogP contribution >= 0.6 is 0 Å². The first kappa shape index (κ1) is 25.7. The van der Waals surface area contributed by atoms with Crippen molar-refractivity contribution in [3.63, 3.8) is 0 Å². The van der Waals surface area contributed by atoms with Crippen molar-refractivity contribution in [2.24, 2.45) is 5.92 Å². The Morgan fingerprint density at radius 3 is 2.50 bits per heavy atom. The molecular formula is C25H31N3O5S. The number of nitrogens with zero attached hydrogens (tertiary/aromatic N) is 3. The van der Waals surface area contributed by atoms with Gasteiger partial charge in [0.25, 0.3) is 0 Å². The molecule has 0 saturated heterocycles. The van der Waals surface area contributed by atoms with Crippen molar-refractivity contribution in [3.8, 4) is 22.9 Å². The van der Waals surface area contributed by atoms with E-state index >= 15 is 0 Å². The van der Waals surface area contributed by atoms with Crippen molar-refractivity contribution in [1.82, 2.24) is 9.21 Å². The summed E-state index contributed by atoms with van der Waals surface area (Å²) in [5.74, 6) is -0.0777. The van der Waals surface area contributed by atoms with Crippen LogP contribution in [0.25, 0.3) is 11.1 Å². The minimum Gasteiger partial charge on any atom is -0.487 e. The number of likely N-dealkylation sites (N-methyl/N-ethyl adjacent to an activating group) is 1. The fourth-order valence-electron chi connectivity index (χ4n) is 4.00. The Kier molecular flexibility index (Phi) is 7.97. The normalized spacial score (nSPS) is 20.7. The van der Waals surface area contributed by atoms with E-state index in [1.165, 1.54) is 10.4 Å². The van der Waals surface area contributed by atoms with Gasteiger partial charge in [0.2, 0.25) is 15.9 Å². The van der Waals surface area contributed by atoms with Gasteiger partial charge in [0, 0.05) is 32.0 Å². The van der Waals surface area contributed by atoms with E-state index in [1.807, 2.05) is 6.92 Å². The van der Waals surface area contributed by atoms with E-state index in [1.54, 1.807) is 62.2 Å². The number of nitriles is 1. The molecule has 3 atom stereocenters. The van der Waals surface area contributed by atoms with Crippen LogP contribution in [0.4, 0.5) is 0 Å². The molecule has 1 N–H and O–H groups in total. The van der Waals surface area contributed by atoms with Crippen molar-refractivity contribution in [2.75, 3.05) is 26.7 Å². The predicted molar refractivity (Wildman–Crippen MR) is 129 cm³/mol. The molecular weight excluding hydrogens is 454 g/mol. The fraction of sp³-hybridized carbons (Fsp3) is 0.440. The zero-order valence-corrected chi connectivity index (χ0v) is 20.7. The van der Waals surface area contributed by atoms with Gasteiger partial charge in [0.1, 0.15) is 16.7 Å². The Bertz CT molecular complexity index is 1170. The van der Waals surface area contributed by atoms with Crippen molar-refractivity contribution in [1.29, 1.82) is 5.26 Å². The summed E-state index contributed by atoms with van der Waals surface area (Å²) in [4.78, 5) is 13.8. The summed E-state index contributed by atoms with van der Waals surface area (Å²) in [5, 5.41) is 18.8. The molecule has 0 bridgehead atoms. The zero-order chi connectivity index (χ0) is 25.0. The highest BCUT2D eigenvalue weighted by molar-refractivity contribution is 7.89. The van der Waals surface area contributed by atoms with Crippen molar-refractivity contribution >= 4 is 15.9 Å². The molecule has 2 aromatic carbocycles. The first-order valence-corrected chi connectivity index (χ1v) is 12.7. The molecule has 182 valence electrons. The maximum atomic E-state index is 13.6. The number of aliphatic hydroxyl groups excluding tert-OH is 1. The summed E-state index contributed by atoms with van der Waals surface area (Å²) >= 11 is 0. The standard InChI is InChI=1S/C25H31N3O5S/c1-5-25(30)27(4)15-23-17(2)14-28(18(3)16-29)34(31,32)24-11-10-21(12-22(24)33-23)20-8-6-19(13-26)7-9-20/h6-12,17-18,23,29H,5,14-16H2,1-4H3/t17-,18-,23+/m1/s1. The van der Waals surface area contributed by atoms with Crippen molar-refractivity contribution in [2.45, 2.75) is 44.2 Å². The quantitative estimate of drug-likeness (QED) is 0.674.